The number of hydrogen-bond donors (Lipinski definition) is 0. The van der Waals surface area contributed by atoms with Crippen LogP contribution in [0.2, 0.25) is 0 Å². The molecule has 0 N–H and O–H groups in total. The summed E-state index contributed by atoms with van der Waals surface area (Å²) in [5.74, 6) is 0.823. The molecule has 1 aliphatic heterocycles. The van der Waals surface area contributed by atoms with Crippen LogP contribution in [0.1, 0.15) is 26.2 Å². The summed E-state index contributed by atoms with van der Waals surface area (Å²) in [6, 6.07) is 0. The van der Waals surface area contributed by atoms with E-state index in [2.05, 4.69) is 16.7 Å². The Morgan fingerprint density at radius 3 is 2.14 bits per heavy atom. The Balaban J connectivity index is 1.98. The third-order valence-corrected chi connectivity index (χ3v) is 3.29. The smallest absolute Gasteiger partial charge is 0.0223 e. The highest BCUT2D eigenvalue weighted by Crippen LogP contribution is 2.04. The predicted octanol–water partition coefficient (Wildman–Crippen LogP) is 2.03. The minimum Gasteiger partial charge on any atom is -0.301 e. The lowest BCUT2D eigenvalue weighted by atomic mass is 10.2. The van der Waals surface area contributed by atoms with Crippen LogP contribution in [0, 0.1) is 0 Å². The van der Waals surface area contributed by atoms with Crippen LogP contribution in [-0.2, 0) is 0 Å². The fourth-order valence-corrected chi connectivity index (χ4v) is 2.12. The lowest BCUT2D eigenvalue weighted by molar-refractivity contribution is 0.135. The summed E-state index contributed by atoms with van der Waals surface area (Å²) in [5.41, 5.74) is 0. The highest BCUT2D eigenvalue weighted by atomic mass is 35.5. The highest BCUT2D eigenvalue weighted by Gasteiger charge is 2.14. The third kappa shape index (κ3) is 4.63. The Bertz CT molecular complexity index is 133. The molecule has 1 rings (SSSR count). The first-order valence-corrected chi connectivity index (χ1v) is 6.41. The van der Waals surface area contributed by atoms with Gasteiger partial charge in [-0.1, -0.05) is 13.3 Å². The van der Waals surface area contributed by atoms with Gasteiger partial charge in [0.2, 0.25) is 0 Å². The molecule has 0 aromatic carbocycles. The summed E-state index contributed by atoms with van der Waals surface area (Å²) >= 11 is 5.64. The fourth-order valence-electron chi connectivity index (χ4n) is 1.94. The van der Waals surface area contributed by atoms with Crippen LogP contribution >= 0.6 is 11.6 Å². The number of halogens is 1. The molecule has 2 nitrogen and oxygen atoms in total. The number of likely N-dealkylation sites (N-methyl/N-ethyl adjacent to an activating group) is 1. The standard InChI is InChI=1S/C11H23ClN2/c1-2-13-8-10-14(11-9-13)7-5-3-4-6-12/h2-11H2,1H3. The van der Waals surface area contributed by atoms with Gasteiger partial charge in [-0.05, 0) is 25.9 Å². The van der Waals surface area contributed by atoms with Crippen molar-refractivity contribution in [2.24, 2.45) is 0 Å². The summed E-state index contributed by atoms with van der Waals surface area (Å²) in [6.07, 6.45) is 3.78. The molecule has 0 saturated carbocycles. The number of hydrogen-bond acceptors (Lipinski definition) is 2. The molecule has 0 atom stereocenters. The molecule has 0 bridgehead atoms. The number of alkyl halides is 1. The van der Waals surface area contributed by atoms with Crippen LogP contribution in [0.15, 0.2) is 0 Å². The first-order valence-electron chi connectivity index (χ1n) is 5.87. The Kier molecular flexibility index (Phi) is 6.57. The van der Waals surface area contributed by atoms with Gasteiger partial charge in [-0.3, -0.25) is 0 Å². The average molecular weight is 219 g/mol. The Hall–Kier alpha value is 0.210. The van der Waals surface area contributed by atoms with E-state index >= 15 is 0 Å². The fraction of sp³-hybridized carbons (Fsp3) is 1.00. The van der Waals surface area contributed by atoms with Gasteiger partial charge < -0.3 is 9.80 Å². The third-order valence-electron chi connectivity index (χ3n) is 3.02. The summed E-state index contributed by atoms with van der Waals surface area (Å²) in [5, 5.41) is 0. The second kappa shape index (κ2) is 7.49. The predicted molar refractivity (Wildman–Crippen MR) is 63.1 cm³/mol. The Morgan fingerprint density at radius 1 is 0.929 bits per heavy atom. The van der Waals surface area contributed by atoms with E-state index in [1.807, 2.05) is 0 Å². The van der Waals surface area contributed by atoms with Crippen LogP contribution in [0.4, 0.5) is 0 Å². The number of piperazine rings is 1. The van der Waals surface area contributed by atoms with Gasteiger partial charge in [0.05, 0.1) is 0 Å². The SMILES string of the molecule is CCN1CCN(CCCCCCl)CC1. The van der Waals surface area contributed by atoms with Crippen molar-refractivity contribution in [1.82, 2.24) is 9.80 Å². The normalized spacial score (nSPS) is 20.1. The molecule has 0 aromatic heterocycles. The van der Waals surface area contributed by atoms with Crippen molar-refractivity contribution in [3.63, 3.8) is 0 Å². The summed E-state index contributed by atoms with van der Waals surface area (Å²) in [6.45, 7) is 9.76. The van der Waals surface area contributed by atoms with E-state index in [-0.39, 0.29) is 0 Å². The average Bonchev–Trinajstić information content (AvgIpc) is 2.25. The maximum atomic E-state index is 5.64. The van der Waals surface area contributed by atoms with Crippen molar-refractivity contribution in [2.75, 3.05) is 45.1 Å². The van der Waals surface area contributed by atoms with Crippen molar-refractivity contribution in [1.29, 1.82) is 0 Å². The topological polar surface area (TPSA) is 6.48 Å². The molecule has 84 valence electrons. The van der Waals surface area contributed by atoms with E-state index in [1.54, 1.807) is 0 Å². The minimum atomic E-state index is 0.823. The van der Waals surface area contributed by atoms with Gasteiger partial charge in [0, 0.05) is 32.1 Å². The lowest BCUT2D eigenvalue weighted by Gasteiger charge is -2.33. The van der Waals surface area contributed by atoms with E-state index in [1.165, 1.54) is 58.5 Å². The number of unbranched alkanes of at least 4 members (excludes halogenated alkanes) is 2. The Labute approximate surface area is 93.2 Å². The molecule has 0 unspecified atom stereocenters. The molecule has 1 heterocycles. The zero-order valence-electron chi connectivity index (χ0n) is 9.34. The summed E-state index contributed by atoms with van der Waals surface area (Å²) in [4.78, 5) is 5.11. The van der Waals surface area contributed by atoms with Crippen molar-refractivity contribution in [3.05, 3.63) is 0 Å². The second-order valence-corrected chi connectivity index (χ2v) is 4.40. The molecular formula is C11H23ClN2. The molecule has 0 aromatic rings. The first kappa shape index (κ1) is 12.3. The van der Waals surface area contributed by atoms with Gasteiger partial charge in [0.1, 0.15) is 0 Å². The maximum absolute atomic E-state index is 5.64. The molecule has 1 fully saturated rings. The van der Waals surface area contributed by atoms with Crippen LogP contribution in [0.5, 0.6) is 0 Å². The molecule has 3 heteroatoms. The van der Waals surface area contributed by atoms with Crippen LogP contribution in [0.25, 0.3) is 0 Å². The molecule has 0 spiro atoms. The van der Waals surface area contributed by atoms with Gasteiger partial charge in [0.15, 0.2) is 0 Å². The van der Waals surface area contributed by atoms with E-state index < -0.39 is 0 Å². The maximum Gasteiger partial charge on any atom is 0.0223 e. The zero-order chi connectivity index (χ0) is 10.2. The minimum absolute atomic E-state index is 0.823. The van der Waals surface area contributed by atoms with E-state index in [4.69, 9.17) is 11.6 Å². The molecular weight excluding hydrogens is 196 g/mol. The highest BCUT2D eigenvalue weighted by molar-refractivity contribution is 6.17. The molecule has 0 aliphatic carbocycles. The summed E-state index contributed by atoms with van der Waals surface area (Å²) in [7, 11) is 0. The zero-order valence-corrected chi connectivity index (χ0v) is 10.1. The van der Waals surface area contributed by atoms with Gasteiger partial charge in [-0.2, -0.15) is 0 Å². The van der Waals surface area contributed by atoms with Gasteiger partial charge in [0.25, 0.3) is 0 Å². The Morgan fingerprint density at radius 2 is 1.57 bits per heavy atom. The molecule has 0 amide bonds. The van der Waals surface area contributed by atoms with Gasteiger partial charge in [-0.15, -0.1) is 11.6 Å². The van der Waals surface area contributed by atoms with E-state index in [0.29, 0.717) is 0 Å². The summed E-state index contributed by atoms with van der Waals surface area (Å²) < 4.78 is 0. The van der Waals surface area contributed by atoms with Gasteiger partial charge >= 0.3 is 0 Å². The number of rotatable bonds is 6. The van der Waals surface area contributed by atoms with Crippen molar-refractivity contribution >= 4 is 11.6 Å². The first-order chi connectivity index (χ1) is 6.86. The molecule has 0 radical (unpaired) electrons. The lowest BCUT2D eigenvalue weighted by Crippen LogP contribution is -2.46. The van der Waals surface area contributed by atoms with Crippen LogP contribution in [-0.4, -0.2) is 54.9 Å². The molecule has 1 saturated heterocycles. The monoisotopic (exact) mass is 218 g/mol. The van der Waals surface area contributed by atoms with Crippen molar-refractivity contribution in [3.8, 4) is 0 Å². The van der Waals surface area contributed by atoms with Crippen molar-refractivity contribution < 1.29 is 0 Å². The quantitative estimate of drug-likeness (QED) is 0.497. The van der Waals surface area contributed by atoms with E-state index in [9.17, 15) is 0 Å². The van der Waals surface area contributed by atoms with E-state index in [0.717, 1.165) is 5.88 Å². The molecule has 14 heavy (non-hydrogen) atoms. The largest absolute Gasteiger partial charge is 0.301 e. The van der Waals surface area contributed by atoms with Gasteiger partial charge in [-0.25, -0.2) is 0 Å². The van der Waals surface area contributed by atoms with Crippen LogP contribution < -0.4 is 0 Å². The van der Waals surface area contributed by atoms with Crippen LogP contribution in [0.3, 0.4) is 0 Å². The number of nitrogens with zero attached hydrogens (tertiary/aromatic N) is 2. The van der Waals surface area contributed by atoms with Crippen molar-refractivity contribution in [2.45, 2.75) is 26.2 Å². The molecule has 1 aliphatic rings. The second-order valence-electron chi connectivity index (χ2n) is 4.03.